The van der Waals surface area contributed by atoms with Gasteiger partial charge in [0.15, 0.2) is 5.16 Å². The summed E-state index contributed by atoms with van der Waals surface area (Å²) >= 11 is 1.53. The van der Waals surface area contributed by atoms with Crippen molar-refractivity contribution in [1.82, 2.24) is 24.4 Å². The fourth-order valence-corrected chi connectivity index (χ4v) is 3.97. The van der Waals surface area contributed by atoms with Crippen LogP contribution in [0.1, 0.15) is 37.7 Å². The first kappa shape index (κ1) is 19.0. The fraction of sp³-hybridized carbons (Fsp3) is 0.579. The number of imidazole rings is 1. The zero-order valence-electron chi connectivity index (χ0n) is 16.8. The van der Waals surface area contributed by atoms with Crippen molar-refractivity contribution in [2.24, 2.45) is 0 Å². The van der Waals surface area contributed by atoms with Crippen molar-refractivity contribution < 1.29 is 9.53 Å². The molecule has 0 atom stereocenters. The molecule has 2 aliphatic rings. The van der Waals surface area contributed by atoms with Crippen molar-refractivity contribution in [3.05, 3.63) is 29.5 Å². The average Bonchev–Trinajstić information content (AvgIpc) is 3.13. The molecule has 0 N–H and O–H groups in total. The molecule has 0 saturated heterocycles. The van der Waals surface area contributed by atoms with Crippen molar-refractivity contribution in [3.63, 3.8) is 0 Å². The highest BCUT2D eigenvalue weighted by atomic mass is 32.2. The van der Waals surface area contributed by atoms with Crippen molar-refractivity contribution in [3.8, 4) is 0 Å². The number of hydrogen-bond acceptors (Lipinski definition) is 7. The predicted molar refractivity (Wildman–Crippen MR) is 107 cm³/mol. The Balaban J connectivity index is 1.61. The third kappa shape index (κ3) is 3.80. The summed E-state index contributed by atoms with van der Waals surface area (Å²) < 4.78 is 7.73. The van der Waals surface area contributed by atoms with Gasteiger partial charge in [-0.1, -0.05) is 11.8 Å². The van der Waals surface area contributed by atoms with Crippen LogP contribution in [0.25, 0.3) is 0 Å². The second-order valence-electron chi connectivity index (χ2n) is 8.11. The standard InChI is InChI=1S/C19H26N6O2S/c1-19(2,3)27-18(26)24-6-5-14-15(11-24)21-17(28-4)22-16(14)23-7-8-25-12-20-9-13(25)10-23/h9,12H,5-8,10-11H2,1-4H3. The van der Waals surface area contributed by atoms with Gasteiger partial charge in [0.05, 0.1) is 30.8 Å². The quantitative estimate of drug-likeness (QED) is 0.565. The van der Waals surface area contributed by atoms with Crippen LogP contribution in [0.15, 0.2) is 17.7 Å². The second kappa shape index (κ2) is 7.27. The lowest BCUT2D eigenvalue weighted by Crippen LogP contribution is -2.41. The molecule has 0 radical (unpaired) electrons. The van der Waals surface area contributed by atoms with E-state index in [4.69, 9.17) is 14.7 Å². The zero-order valence-corrected chi connectivity index (χ0v) is 17.6. The van der Waals surface area contributed by atoms with E-state index in [1.165, 1.54) is 17.5 Å². The number of hydrogen-bond donors (Lipinski definition) is 0. The highest BCUT2D eigenvalue weighted by Crippen LogP contribution is 2.31. The normalized spacial score (nSPS) is 16.6. The summed E-state index contributed by atoms with van der Waals surface area (Å²) in [5.41, 5.74) is 2.75. The monoisotopic (exact) mass is 402 g/mol. The van der Waals surface area contributed by atoms with E-state index in [9.17, 15) is 4.79 Å². The molecule has 4 rings (SSSR count). The minimum absolute atomic E-state index is 0.286. The van der Waals surface area contributed by atoms with Gasteiger partial charge in [-0.05, 0) is 33.4 Å². The van der Waals surface area contributed by atoms with E-state index in [2.05, 4.69) is 14.5 Å². The van der Waals surface area contributed by atoms with E-state index >= 15 is 0 Å². The number of thioether (sulfide) groups is 1. The van der Waals surface area contributed by atoms with Gasteiger partial charge >= 0.3 is 6.09 Å². The molecule has 2 aliphatic heterocycles. The smallest absolute Gasteiger partial charge is 0.410 e. The Morgan fingerprint density at radius 1 is 1.18 bits per heavy atom. The number of amides is 1. The summed E-state index contributed by atoms with van der Waals surface area (Å²) in [4.78, 5) is 30.3. The summed E-state index contributed by atoms with van der Waals surface area (Å²) in [7, 11) is 0. The predicted octanol–water partition coefficient (Wildman–Crippen LogP) is 2.71. The Kier molecular flexibility index (Phi) is 4.95. The maximum atomic E-state index is 12.5. The lowest BCUT2D eigenvalue weighted by molar-refractivity contribution is 0.0220. The largest absolute Gasteiger partial charge is 0.444 e. The van der Waals surface area contributed by atoms with Crippen LogP contribution in [0, 0.1) is 0 Å². The number of carbonyl (C=O) groups is 1. The summed E-state index contributed by atoms with van der Waals surface area (Å²) in [6, 6.07) is 0. The van der Waals surface area contributed by atoms with Gasteiger partial charge in [-0.25, -0.2) is 19.7 Å². The Morgan fingerprint density at radius 2 is 2.00 bits per heavy atom. The molecule has 1 amide bonds. The molecule has 28 heavy (non-hydrogen) atoms. The summed E-state index contributed by atoms with van der Waals surface area (Å²) in [6.07, 6.45) is 6.22. The van der Waals surface area contributed by atoms with Crippen LogP contribution < -0.4 is 4.90 Å². The van der Waals surface area contributed by atoms with Crippen molar-refractivity contribution in [1.29, 1.82) is 0 Å². The minimum Gasteiger partial charge on any atom is -0.444 e. The van der Waals surface area contributed by atoms with Gasteiger partial charge in [0.25, 0.3) is 0 Å². The second-order valence-corrected chi connectivity index (χ2v) is 8.88. The topological polar surface area (TPSA) is 76.4 Å². The molecule has 150 valence electrons. The molecular weight excluding hydrogens is 376 g/mol. The Morgan fingerprint density at radius 3 is 2.75 bits per heavy atom. The molecule has 0 fully saturated rings. The number of anilines is 1. The van der Waals surface area contributed by atoms with Crippen molar-refractivity contribution in [2.45, 2.75) is 57.6 Å². The van der Waals surface area contributed by atoms with Crippen LogP contribution >= 0.6 is 11.8 Å². The summed E-state index contributed by atoms with van der Waals surface area (Å²) in [6.45, 7) is 9.29. The summed E-state index contributed by atoms with van der Waals surface area (Å²) in [5.74, 6) is 0.991. The van der Waals surface area contributed by atoms with Crippen LogP contribution in [0.5, 0.6) is 0 Å². The lowest BCUT2D eigenvalue weighted by Gasteiger charge is -2.35. The Labute approximate surface area is 169 Å². The zero-order chi connectivity index (χ0) is 19.9. The number of aromatic nitrogens is 4. The fourth-order valence-electron chi connectivity index (χ4n) is 3.59. The summed E-state index contributed by atoms with van der Waals surface area (Å²) in [5, 5.41) is 0.735. The molecule has 2 aromatic heterocycles. The van der Waals surface area contributed by atoms with E-state index in [1.54, 1.807) is 4.90 Å². The molecule has 0 aromatic carbocycles. The number of rotatable bonds is 2. The highest BCUT2D eigenvalue weighted by Gasteiger charge is 2.30. The third-order valence-electron chi connectivity index (χ3n) is 4.92. The van der Waals surface area contributed by atoms with Crippen LogP contribution in [0.2, 0.25) is 0 Å². The van der Waals surface area contributed by atoms with Gasteiger partial charge in [-0.15, -0.1) is 0 Å². The average molecular weight is 403 g/mol. The number of carbonyl (C=O) groups excluding carboxylic acids is 1. The van der Waals surface area contributed by atoms with Gasteiger partial charge in [0, 0.05) is 31.4 Å². The van der Waals surface area contributed by atoms with Crippen molar-refractivity contribution >= 4 is 23.7 Å². The first-order valence-corrected chi connectivity index (χ1v) is 10.7. The molecule has 4 heterocycles. The Hall–Kier alpha value is -2.29. The molecule has 0 unspecified atom stereocenters. The van der Waals surface area contributed by atoms with Crippen LogP contribution in [-0.4, -0.2) is 55.5 Å². The molecule has 2 aromatic rings. The first-order chi connectivity index (χ1) is 13.3. The molecule has 0 aliphatic carbocycles. The van der Waals surface area contributed by atoms with E-state index in [-0.39, 0.29) is 6.09 Å². The Bertz CT molecular complexity index is 891. The molecular formula is C19H26N6O2S. The third-order valence-corrected chi connectivity index (χ3v) is 5.47. The maximum Gasteiger partial charge on any atom is 0.410 e. The lowest BCUT2D eigenvalue weighted by atomic mass is 10.0. The van der Waals surface area contributed by atoms with Gasteiger partial charge in [0.2, 0.25) is 0 Å². The van der Waals surface area contributed by atoms with E-state index in [0.29, 0.717) is 13.1 Å². The SMILES string of the molecule is CSc1nc2c(c(N3CCn4cncc4C3)n1)CCN(C(=O)OC(C)(C)C)C2. The molecule has 0 saturated carbocycles. The van der Waals surface area contributed by atoms with Crippen LogP contribution in [-0.2, 0) is 30.8 Å². The maximum absolute atomic E-state index is 12.5. The van der Waals surface area contributed by atoms with Crippen LogP contribution in [0.3, 0.4) is 0 Å². The minimum atomic E-state index is -0.505. The van der Waals surface area contributed by atoms with Gasteiger partial charge in [-0.3, -0.25) is 0 Å². The van der Waals surface area contributed by atoms with E-state index < -0.39 is 5.60 Å². The first-order valence-electron chi connectivity index (χ1n) is 9.50. The van der Waals surface area contributed by atoms with Gasteiger partial charge in [0.1, 0.15) is 11.4 Å². The molecule has 9 heteroatoms. The van der Waals surface area contributed by atoms with E-state index in [0.717, 1.165) is 48.3 Å². The van der Waals surface area contributed by atoms with E-state index in [1.807, 2.05) is 39.6 Å². The molecule has 0 bridgehead atoms. The number of fused-ring (bicyclic) bond motifs is 2. The van der Waals surface area contributed by atoms with Gasteiger partial charge in [-0.2, -0.15) is 0 Å². The van der Waals surface area contributed by atoms with Crippen molar-refractivity contribution in [2.75, 3.05) is 24.2 Å². The molecule has 0 spiro atoms. The molecule has 8 nitrogen and oxygen atoms in total. The highest BCUT2D eigenvalue weighted by molar-refractivity contribution is 7.98. The number of ether oxygens (including phenoxy) is 1. The number of nitrogens with zero attached hydrogens (tertiary/aromatic N) is 6. The van der Waals surface area contributed by atoms with Crippen LogP contribution in [0.4, 0.5) is 10.6 Å². The van der Waals surface area contributed by atoms with Gasteiger partial charge < -0.3 is 19.1 Å².